The number of alkyl halides is 4. The minimum atomic E-state index is -4.53. The number of anilines is 3. The van der Waals surface area contributed by atoms with Crippen LogP contribution >= 0.6 is 0 Å². The number of fused-ring (bicyclic) bond motifs is 2. The second-order valence-corrected chi connectivity index (χ2v) is 16.6. The molecule has 4 aromatic rings. The van der Waals surface area contributed by atoms with Crippen LogP contribution in [0.3, 0.4) is 0 Å². The van der Waals surface area contributed by atoms with Gasteiger partial charge in [0.05, 0.1) is 60.8 Å². The fourth-order valence-corrected chi connectivity index (χ4v) is 8.18. The van der Waals surface area contributed by atoms with Crippen LogP contribution in [0.1, 0.15) is 55.7 Å². The lowest BCUT2D eigenvalue weighted by atomic mass is 9.95. The molecule has 0 aliphatic carbocycles. The number of likely N-dealkylation sites (N-methyl/N-ethyl adjacent to an activating group) is 1. The predicted octanol–water partition coefficient (Wildman–Crippen LogP) is 6.21. The van der Waals surface area contributed by atoms with E-state index in [2.05, 4.69) is 33.1 Å². The molecule has 62 heavy (non-hydrogen) atoms. The number of aromatic nitrogens is 1. The predicted molar refractivity (Wildman–Crippen MR) is 234 cm³/mol. The van der Waals surface area contributed by atoms with Crippen molar-refractivity contribution in [2.45, 2.75) is 89.7 Å². The maximum Gasteiger partial charge on any atom is 0.406 e. The van der Waals surface area contributed by atoms with E-state index in [1.54, 1.807) is 42.5 Å². The number of methoxy groups -OCH3 is 1. The number of benzene rings is 3. The third-order valence-corrected chi connectivity index (χ3v) is 11.6. The number of aliphatic hydroxyl groups is 1. The summed E-state index contributed by atoms with van der Waals surface area (Å²) in [6.07, 6.45) is -5.16. The Balaban J connectivity index is 1.16. The first-order valence-electron chi connectivity index (χ1n) is 20.9. The van der Waals surface area contributed by atoms with E-state index in [9.17, 15) is 32.3 Å². The highest BCUT2D eigenvalue weighted by Gasteiger charge is 2.34. The summed E-state index contributed by atoms with van der Waals surface area (Å²) in [5.74, 6) is 6.26. The maximum atomic E-state index is 14.9. The molecule has 12 nitrogen and oxygen atoms in total. The van der Waals surface area contributed by atoms with Crippen LogP contribution in [-0.4, -0.2) is 116 Å². The molecule has 5 N–H and O–H groups in total. The summed E-state index contributed by atoms with van der Waals surface area (Å²) in [6, 6.07) is 15.3. The molecular weight excluding hydrogens is 807 g/mol. The van der Waals surface area contributed by atoms with E-state index in [0.717, 1.165) is 15.8 Å². The van der Waals surface area contributed by atoms with Gasteiger partial charge in [0.2, 0.25) is 5.91 Å². The Morgan fingerprint density at radius 2 is 1.79 bits per heavy atom. The molecule has 6 rings (SSSR count). The van der Waals surface area contributed by atoms with E-state index < -0.39 is 55.1 Å². The number of nitrogens with zero attached hydrogens (tertiary/aromatic N) is 3. The molecule has 1 fully saturated rings. The number of nitrogens with one attached hydrogen (secondary N) is 4. The fourth-order valence-electron chi connectivity index (χ4n) is 8.18. The summed E-state index contributed by atoms with van der Waals surface area (Å²) in [5, 5.41) is 22.8. The van der Waals surface area contributed by atoms with Gasteiger partial charge in [0.25, 0.3) is 5.91 Å². The maximum absolute atomic E-state index is 14.9. The Kier molecular flexibility index (Phi) is 14.5. The zero-order chi connectivity index (χ0) is 44.9. The molecule has 0 saturated carbocycles. The van der Waals surface area contributed by atoms with Crippen LogP contribution in [0.25, 0.3) is 10.9 Å². The van der Waals surface area contributed by atoms with Crippen molar-refractivity contribution >= 4 is 39.8 Å². The number of halogens is 4. The lowest BCUT2D eigenvalue weighted by Gasteiger charge is -2.37. The smallest absolute Gasteiger partial charge is 0.406 e. The third-order valence-electron chi connectivity index (χ3n) is 11.6. The van der Waals surface area contributed by atoms with Crippen molar-refractivity contribution in [3.63, 3.8) is 0 Å². The zero-order valence-corrected chi connectivity index (χ0v) is 36.2. The van der Waals surface area contributed by atoms with E-state index in [0.29, 0.717) is 53.2 Å². The lowest BCUT2D eigenvalue weighted by molar-refractivity contribution is -0.140. The van der Waals surface area contributed by atoms with Crippen molar-refractivity contribution in [2.75, 3.05) is 63.0 Å². The summed E-state index contributed by atoms with van der Waals surface area (Å²) < 4.78 is 69.4. The highest BCUT2D eigenvalue weighted by molar-refractivity contribution is 6.00. The standard InChI is InChI=1S/C46H57F4N7O5/c1-27(2)43-45(60)53-31(25-58)20-30-13-14-34(23-42(30)56(43)6)62-29(4)28(3)52-44(59)35-16-15-33(61-7)22-40(35)51-18-9-10-32-21-36-38(54-39-17-19-55(5)24-37(39)47)11-8-12-41(36)57(32)26-46(48,49)50/h8,11-16,21-23,27-29,31,37,39,43,51,54,58H,17-20,24-26H2,1-7H3,(H,52,59)(H,53,60)/t28-,29-,31-,37-,39+,43-/m0/s1. The Morgan fingerprint density at radius 3 is 2.48 bits per heavy atom. The van der Waals surface area contributed by atoms with Crippen LogP contribution in [0.2, 0.25) is 0 Å². The van der Waals surface area contributed by atoms with Gasteiger partial charge >= 0.3 is 6.18 Å². The van der Waals surface area contributed by atoms with Crippen LogP contribution in [0, 0.1) is 17.8 Å². The van der Waals surface area contributed by atoms with Crippen LogP contribution in [0.4, 0.5) is 34.6 Å². The van der Waals surface area contributed by atoms with E-state index >= 15 is 0 Å². The summed E-state index contributed by atoms with van der Waals surface area (Å²) >= 11 is 0. The minimum absolute atomic E-state index is 0.0108. The van der Waals surface area contributed by atoms with Crippen molar-refractivity contribution in [1.29, 1.82) is 0 Å². The van der Waals surface area contributed by atoms with E-state index in [4.69, 9.17) is 9.47 Å². The second-order valence-electron chi connectivity index (χ2n) is 16.6. The molecule has 16 heteroatoms. The van der Waals surface area contributed by atoms with Crippen molar-refractivity contribution in [2.24, 2.45) is 5.92 Å². The molecule has 1 aromatic heterocycles. The number of aliphatic hydroxyl groups excluding tert-OH is 1. The highest BCUT2D eigenvalue weighted by atomic mass is 19.4. The Hall–Kier alpha value is -5.66. The number of amides is 2. The zero-order valence-electron chi connectivity index (χ0n) is 36.2. The Bertz CT molecular complexity index is 2290. The molecule has 0 unspecified atom stereocenters. The monoisotopic (exact) mass is 863 g/mol. The van der Waals surface area contributed by atoms with Gasteiger partial charge in [-0.2, -0.15) is 13.2 Å². The van der Waals surface area contributed by atoms with Gasteiger partial charge in [0, 0.05) is 49.0 Å². The molecule has 0 bridgehead atoms. The van der Waals surface area contributed by atoms with Crippen molar-refractivity contribution in [3.05, 3.63) is 77.5 Å². The van der Waals surface area contributed by atoms with Crippen LogP contribution in [0.15, 0.2) is 60.7 Å². The van der Waals surface area contributed by atoms with Crippen molar-refractivity contribution in [3.8, 4) is 23.3 Å². The normalized spacial score (nSPS) is 20.5. The van der Waals surface area contributed by atoms with Gasteiger partial charge in [-0.1, -0.05) is 31.9 Å². The van der Waals surface area contributed by atoms with Gasteiger partial charge in [0.15, 0.2) is 0 Å². The summed E-state index contributed by atoms with van der Waals surface area (Å²) in [5.41, 5.74) is 3.45. The minimum Gasteiger partial charge on any atom is -0.497 e. The number of carbonyl (C=O) groups is 2. The van der Waals surface area contributed by atoms with Gasteiger partial charge in [0.1, 0.15) is 36.4 Å². The molecule has 2 amide bonds. The van der Waals surface area contributed by atoms with Gasteiger partial charge < -0.3 is 50.2 Å². The van der Waals surface area contributed by atoms with Crippen LogP contribution in [0.5, 0.6) is 11.5 Å². The topological polar surface area (TPSA) is 132 Å². The van der Waals surface area contributed by atoms with Gasteiger partial charge in [-0.3, -0.25) is 9.59 Å². The van der Waals surface area contributed by atoms with Gasteiger partial charge in [-0.25, -0.2) is 4.39 Å². The number of piperidine rings is 1. The number of rotatable bonds is 13. The highest BCUT2D eigenvalue weighted by Crippen LogP contribution is 2.34. The van der Waals surface area contributed by atoms with Crippen molar-refractivity contribution < 1.29 is 41.7 Å². The fraction of sp³-hybridized carbons (Fsp3) is 0.478. The Labute approximate surface area is 360 Å². The average Bonchev–Trinajstić information content (AvgIpc) is 3.55. The van der Waals surface area contributed by atoms with E-state index in [1.165, 1.54) is 7.11 Å². The van der Waals surface area contributed by atoms with Crippen LogP contribution in [-0.2, 0) is 17.8 Å². The number of hydrogen-bond donors (Lipinski definition) is 5. The number of carbonyl (C=O) groups excluding carboxylic acids is 2. The summed E-state index contributed by atoms with van der Waals surface area (Å²) in [4.78, 5) is 30.7. The molecule has 6 atom stereocenters. The summed E-state index contributed by atoms with van der Waals surface area (Å²) in [6.45, 7) is 7.08. The number of likely N-dealkylation sites (tertiary alicyclic amines) is 1. The molecular formula is C46H57F4N7O5. The molecule has 1 saturated heterocycles. The lowest BCUT2D eigenvalue weighted by Crippen LogP contribution is -2.54. The first-order chi connectivity index (χ1) is 29.5. The third kappa shape index (κ3) is 10.9. The molecule has 3 aromatic carbocycles. The molecule has 334 valence electrons. The SMILES string of the molecule is COc1ccc(C(=O)N[C@@H](C)[C@H](C)Oc2ccc3c(c2)N(C)[C@@H](C(C)C)C(=O)N[C@H](CO)C3)c(NCC#Cc2cc3c(N[C@@H]4CCN(C)C[C@@H]4F)cccc3n2CC(F)(F)F)c1. The number of hydrogen-bond acceptors (Lipinski definition) is 9. The summed E-state index contributed by atoms with van der Waals surface area (Å²) in [7, 11) is 5.21. The first kappa shape index (κ1) is 45.9. The molecule has 3 heterocycles. The van der Waals surface area contributed by atoms with Gasteiger partial charge in [-0.15, -0.1) is 0 Å². The molecule has 0 spiro atoms. The first-order valence-corrected chi connectivity index (χ1v) is 20.9. The number of ether oxygens (including phenoxy) is 2. The van der Waals surface area contributed by atoms with E-state index in [-0.39, 0.29) is 42.8 Å². The average molecular weight is 864 g/mol. The van der Waals surface area contributed by atoms with E-state index in [1.807, 2.05) is 69.8 Å². The Morgan fingerprint density at radius 1 is 1.03 bits per heavy atom. The quantitative estimate of drug-likeness (QED) is 0.0787. The van der Waals surface area contributed by atoms with Crippen molar-refractivity contribution in [1.82, 2.24) is 20.1 Å². The molecule has 2 aliphatic rings. The molecule has 2 aliphatic heterocycles. The largest absolute Gasteiger partial charge is 0.497 e. The van der Waals surface area contributed by atoms with Crippen LogP contribution < -0.4 is 35.6 Å². The second kappa shape index (κ2) is 19.6. The van der Waals surface area contributed by atoms with Gasteiger partial charge in [-0.05, 0) is 87.5 Å². The molecule has 0 radical (unpaired) electrons.